The number of nitrogens with two attached hydrogens (primary N) is 1. The summed E-state index contributed by atoms with van der Waals surface area (Å²) in [6.45, 7) is 3.46. The maximum absolute atomic E-state index is 13.0. The Morgan fingerprint density at radius 3 is 2.81 bits per heavy atom. The van der Waals surface area contributed by atoms with Crippen molar-refractivity contribution in [2.24, 2.45) is 10.9 Å². The number of carbonyl (C=O) groups is 1. The molecule has 0 spiro atoms. The Balaban J connectivity index is 1.72. The van der Waals surface area contributed by atoms with E-state index in [2.05, 4.69) is 10.9 Å². The van der Waals surface area contributed by atoms with Gasteiger partial charge in [0.15, 0.2) is 0 Å². The van der Waals surface area contributed by atoms with Gasteiger partial charge in [-0.15, -0.1) is 0 Å². The normalized spacial score (nSPS) is 25.0. The van der Waals surface area contributed by atoms with Crippen LogP contribution in [-0.2, 0) is 20.9 Å². The van der Waals surface area contributed by atoms with E-state index in [-0.39, 0.29) is 5.91 Å². The minimum atomic E-state index is -1.91. The van der Waals surface area contributed by atoms with Crippen molar-refractivity contribution in [1.82, 2.24) is 4.90 Å². The third-order valence-electron chi connectivity index (χ3n) is 5.10. The molecule has 5 nitrogen and oxygen atoms in total. The van der Waals surface area contributed by atoms with E-state index in [0.717, 1.165) is 29.7 Å². The van der Waals surface area contributed by atoms with Crippen LogP contribution in [-0.4, -0.2) is 51.2 Å². The van der Waals surface area contributed by atoms with Crippen LogP contribution in [0.5, 0.6) is 0 Å². The number of aliphatic imine (C=N–C) groups is 1. The summed E-state index contributed by atoms with van der Waals surface area (Å²) in [5.74, 6) is 5.61. The summed E-state index contributed by atoms with van der Waals surface area (Å²) in [7, 11) is -1.91. The standard InChI is InChI=1S/C20H27N3O2S/c1-15-11-18(12-22-15)20(24)23(13-17-5-3-4-6-19(17)21)9-7-16-8-10-26(2,25)14-16/h3-6,11,16H,2,7-10,12-14,21H2,1H3. The van der Waals surface area contributed by atoms with Crippen molar-refractivity contribution in [3.05, 3.63) is 41.5 Å². The first-order valence-electron chi connectivity index (χ1n) is 9.01. The predicted molar refractivity (Wildman–Crippen MR) is 110 cm³/mol. The van der Waals surface area contributed by atoms with Gasteiger partial charge in [-0.05, 0) is 58.8 Å². The number of amides is 1. The van der Waals surface area contributed by atoms with Gasteiger partial charge in [-0.25, -0.2) is 0 Å². The molecule has 2 atom stereocenters. The third kappa shape index (κ3) is 4.55. The Morgan fingerprint density at radius 1 is 1.42 bits per heavy atom. The number of benzene rings is 1. The molecular weight excluding hydrogens is 346 g/mol. The first-order valence-corrected chi connectivity index (χ1v) is 11.1. The molecule has 0 aliphatic carbocycles. The zero-order valence-corrected chi connectivity index (χ0v) is 16.1. The molecule has 0 aromatic heterocycles. The second kappa shape index (κ2) is 7.66. The van der Waals surface area contributed by atoms with E-state index in [9.17, 15) is 9.00 Å². The van der Waals surface area contributed by atoms with Gasteiger partial charge in [-0.1, -0.05) is 18.2 Å². The van der Waals surface area contributed by atoms with Crippen LogP contribution in [0, 0.1) is 5.92 Å². The van der Waals surface area contributed by atoms with Crippen molar-refractivity contribution >= 4 is 32.7 Å². The first-order chi connectivity index (χ1) is 12.3. The lowest BCUT2D eigenvalue weighted by atomic mass is 10.0. The highest BCUT2D eigenvalue weighted by Gasteiger charge is 2.26. The number of anilines is 1. The van der Waals surface area contributed by atoms with Gasteiger partial charge < -0.3 is 10.6 Å². The summed E-state index contributed by atoms with van der Waals surface area (Å²) in [4.78, 5) is 19.2. The Kier molecular flexibility index (Phi) is 5.51. The van der Waals surface area contributed by atoms with Gasteiger partial charge in [-0.3, -0.25) is 14.0 Å². The minimum Gasteiger partial charge on any atom is -0.398 e. The number of hydrogen-bond acceptors (Lipinski definition) is 4. The number of rotatable bonds is 6. The average Bonchev–Trinajstić information content (AvgIpc) is 3.17. The predicted octanol–water partition coefficient (Wildman–Crippen LogP) is 2.12. The van der Waals surface area contributed by atoms with Crippen molar-refractivity contribution in [3.8, 4) is 0 Å². The van der Waals surface area contributed by atoms with Crippen molar-refractivity contribution in [3.63, 3.8) is 0 Å². The fourth-order valence-corrected chi connectivity index (χ4v) is 5.69. The van der Waals surface area contributed by atoms with Crippen LogP contribution in [0.2, 0.25) is 0 Å². The van der Waals surface area contributed by atoms with Crippen molar-refractivity contribution in [2.45, 2.75) is 26.3 Å². The lowest BCUT2D eigenvalue weighted by molar-refractivity contribution is -0.127. The molecular formula is C20H27N3O2S. The molecule has 1 saturated heterocycles. The van der Waals surface area contributed by atoms with Gasteiger partial charge in [0, 0.05) is 41.6 Å². The van der Waals surface area contributed by atoms with Crippen LogP contribution >= 0.6 is 0 Å². The molecule has 2 N–H and O–H groups in total. The number of allylic oxidation sites excluding steroid dienone is 1. The number of para-hydroxylation sites is 1. The van der Waals surface area contributed by atoms with E-state index in [1.807, 2.05) is 42.2 Å². The van der Waals surface area contributed by atoms with Crippen molar-refractivity contribution in [1.29, 1.82) is 0 Å². The zero-order chi connectivity index (χ0) is 18.7. The third-order valence-corrected chi connectivity index (χ3v) is 7.16. The van der Waals surface area contributed by atoms with Crippen LogP contribution in [0.1, 0.15) is 25.3 Å². The second-order valence-electron chi connectivity index (χ2n) is 7.33. The Morgan fingerprint density at radius 2 is 2.19 bits per heavy atom. The van der Waals surface area contributed by atoms with Gasteiger partial charge in [-0.2, -0.15) is 0 Å². The summed E-state index contributed by atoms with van der Waals surface area (Å²) >= 11 is 0. The molecule has 0 saturated carbocycles. The first kappa shape index (κ1) is 18.7. The van der Waals surface area contributed by atoms with E-state index in [4.69, 9.17) is 5.73 Å². The lowest BCUT2D eigenvalue weighted by Gasteiger charge is -2.25. The van der Waals surface area contributed by atoms with Crippen molar-refractivity contribution < 1.29 is 9.00 Å². The number of carbonyl (C=O) groups excluding carboxylic acids is 1. The maximum atomic E-state index is 13.0. The Bertz CT molecular complexity index is 856. The fourth-order valence-electron chi connectivity index (χ4n) is 3.57. The van der Waals surface area contributed by atoms with E-state index in [1.165, 1.54) is 0 Å². The van der Waals surface area contributed by atoms with E-state index >= 15 is 0 Å². The molecule has 140 valence electrons. The fraction of sp³-hybridized carbons (Fsp3) is 0.450. The molecule has 1 aromatic rings. The van der Waals surface area contributed by atoms with Gasteiger partial charge in [0.2, 0.25) is 0 Å². The van der Waals surface area contributed by atoms with Gasteiger partial charge in [0.25, 0.3) is 5.91 Å². The monoisotopic (exact) mass is 373 g/mol. The highest BCUT2D eigenvalue weighted by atomic mass is 32.2. The van der Waals surface area contributed by atoms with E-state index in [1.54, 1.807) is 0 Å². The molecule has 0 bridgehead atoms. The quantitative estimate of drug-likeness (QED) is 0.613. The maximum Gasteiger partial charge on any atom is 0.252 e. The second-order valence-corrected chi connectivity index (χ2v) is 10.0. The van der Waals surface area contributed by atoms with Crippen LogP contribution < -0.4 is 5.73 Å². The van der Waals surface area contributed by atoms with Gasteiger partial charge in [0.05, 0.1) is 6.54 Å². The Hall–Kier alpha value is -2.08. The number of nitrogens with zero attached hydrogens (tertiary/aromatic N) is 2. The zero-order valence-electron chi connectivity index (χ0n) is 15.3. The van der Waals surface area contributed by atoms with Gasteiger partial charge >= 0.3 is 0 Å². The molecule has 2 aliphatic heterocycles. The highest BCUT2D eigenvalue weighted by Crippen LogP contribution is 2.24. The largest absolute Gasteiger partial charge is 0.398 e. The average molecular weight is 374 g/mol. The van der Waals surface area contributed by atoms with Crippen LogP contribution in [0.4, 0.5) is 5.69 Å². The molecule has 2 aliphatic rings. The lowest BCUT2D eigenvalue weighted by Crippen LogP contribution is -2.34. The van der Waals surface area contributed by atoms with Gasteiger partial charge in [0.1, 0.15) is 0 Å². The van der Waals surface area contributed by atoms with Crippen LogP contribution in [0.25, 0.3) is 0 Å². The molecule has 2 heterocycles. The molecule has 2 unspecified atom stereocenters. The SMILES string of the molecule is C=S1(=O)CCC(CCN(Cc2ccccc2N)C(=O)C2=CC(C)=NC2)C1. The Labute approximate surface area is 156 Å². The molecule has 1 aromatic carbocycles. The molecule has 3 rings (SSSR count). The number of nitrogen functional groups attached to an aromatic ring is 1. The smallest absolute Gasteiger partial charge is 0.252 e. The molecule has 6 heteroatoms. The summed E-state index contributed by atoms with van der Waals surface area (Å²) < 4.78 is 12.1. The molecule has 0 radical (unpaired) electrons. The molecule has 26 heavy (non-hydrogen) atoms. The van der Waals surface area contributed by atoms with Crippen molar-refractivity contribution in [2.75, 3.05) is 30.3 Å². The highest BCUT2D eigenvalue weighted by molar-refractivity contribution is 8.00. The van der Waals surface area contributed by atoms with Crippen LogP contribution in [0.3, 0.4) is 0 Å². The molecule has 1 fully saturated rings. The molecule has 1 amide bonds. The summed E-state index contributed by atoms with van der Waals surface area (Å²) in [5, 5.41) is 0. The minimum absolute atomic E-state index is 0.0159. The topological polar surface area (TPSA) is 75.8 Å². The van der Waals surface area contributed by atoms with Crippen LogP contribution in [0.15, 0.2) is 40.9 Å². The summed E-state index contributed by atoms with van der Waals surface area (Å²) in [5.41, 5.74) is 9.33. The van der Waals surface area contributed by atoms with E-state index in [0.29, 0.717) is 42.7 Å². The summed E-state index contributed by atoms with van der Waals surface area (Å²) in [6.07, 6.45) is 3.64. The number of hydrogen-bond donors (Lipinski definition) is 1. The van der Waals surface area contributed by atoms with E-state index < -0.39 is 9.52 Å². The summed E-state index contributed by atoms with van der Waals surface area (Å²) in [6, 6.07) is 7.64.